The molecule has 4 aromatic heterocycles. The largest absolute Gasteiger partial charge is 0.377 e. The van der Waals surface area contributed by atoms with E-state index in [0.29, 0.717) is 12.5 Å². The molecule has 0 saturated carbocycles. The Kier molecular flexibility index (Phi) is 10.4. The van der Waals surface area contributed by atoms with Gasteiger partial charge in [0.25, 0.3) is 0 Å². The average Bonchev–Trinajstić information content (AvgIpc) is 3.83. The van der Waals surface area contributed by atoms with Crippen molar-refractivity contribution < 1.29 is 9.47 Å². The minimum absolute atomic E-state index is 0.0305. The van der Waals surface area contributed by atoms with E-state index in [2.05, 4.69) is 112 Å². The highest BCUT2D eigenvalue weighted by atomic mass is 127. The van der Waals surface area contributed by atoms with Crippen LogP contribution in [0.25, 0.3) is 30.8 Å². The van der Waals surface area contributed by atoms with E-state index in [1.165, 1.54) is 11.3 Å². The van der Waals surface area contributed by atoms with E-state index in [0.717, 1.165) is 72.0 Å². The van der Waals surface area contributed by atoms with E-state index >= 15 is 0 Å². The highest BCUT2D eigenvalue weighted by molar-refractivity contribution is 14.1. The summed E-state index contributed by atoms with van der Waals surface area (Å²) in [5.74, 6) is 0.652. The molecule has 1 N–H and O–H groups in total. The van der Waals surface area contributed by atoms with E-state index in [9.17, 15) is 0 Å². The molecule has 0 spiro atoms. The molecule has 6 atom stereocenters. The van der Waals surface area contributed by atoms with Crippen LogP contribution in [-0.4, -0.2) is 92.9 Å². The maximum atomic E-state index is 8.70. The van der Waals surface area contributed by atoms with Crippen LogP contribution in [0.3, 0.4) is 0 Å². The maximum absolute atomic E-state index is 8.70. The number of ether oxygens (including phenoxy) is 2. The SMILES string of the molecule is Brc1nn2c(I)cnc2s1.[N-]=[N+]=N[C@H]1CCO[C@H]2CN(c3nn4c(I)cnc4s3)C[C@H]12.[N-]=[N+]=N[C@H]1CCO[C@H]2CNC[C@H]12. The van der Waals surface area contributed by atoms with Gasteiger partial charge >= 0.3 is 0 Å². The summed E-state index contributed by atoms with van der Waals surface area (Å²) >= 11 is 10.8. The molecule has 0 aromatic carbocycles. The summed E-state index contributed by atoms with van der Waals surface area (Å²) in [5, 5.41) is 20.7. The van der Waals surface area contributed by atoms with Crippen LogP contribution in [0.4, 0.5) is 5.13 Å². The Morgan fingerprint density at radius 2 is 1.51 bits per heavy atom. The summed E-state index contributed by atoms with van der Waals surface area (Å²) in [7, 11) is 0. The molecule has 4 fully saturated rings. The van der Waals surface area contributed by atoms with Gasteiger partial charge in [-0.1, -0.05) is 32.9 Å². The number of nitrogens with zero attached hydrogens (tertiary/aromatic N) is 13. The second kappa shape index (κ2) is 14.3. The van der Waals surface area contributed by atoms with Gasteiger partial charge in [-0.25, -0.2) is 9.97 Å². The Bertz CT molecular complexity index is 1670. The molecule has 21 heteroatoms. The molecular formula is C22H25BrI2N14O2S2. The van der Waals surface area contributed by atoms with Crippen LogP contribution in [0.2, 0.25) is 0 Å². The Labute approximate surface area is 288 Å². The van der Waals surface area contributed by atoms with Gasteiger partial charge in [0.05, 0.1) is 24.6 Å². The van der Waals surface area contributed by atoms with Crippen molar-refractivity contribution in [1.29, 1.82) is 0 Å². The van der Waals surface area contributed by atoms with Crippen molar-refractivity contribution in [1.82, 2.24) is 34.5 Å². The van der Waals surface area contributed by atoms with Gasteiger partial charge in [-0.3, -0.25) is 0 Å². The molecule has 0 radical (unpaired) electrons. The second-order valence-electron chi connectivity index (χ2n) is 10.1. The molecule has 4 aromatic rings. The van der Waals surface area contributed by atoms with Crippen molar-refractivity contribution in [3.63, 3.8) is 0 Å². The summed E-state index contributed by atoms with van der Waals surface area (Å²) < 4.78 is 17.9. The van der Waals surface area contributed by atoms with E-state index in [1.807, 2.05) is 10.7 Å². The molecule has 4 aliphatic rings. The zero-order valence-corrected chi connectivity index (χ0v) is 29.9. The number of halogens is 3. The Morgan fingerprint density at radius 1 is 0.884 bits per heavy atom. The number of nitrogens with one attached hydrogen (secondary N) is 1. The topological polar surface area (TPSA) is 192 Å². The molecule has 8 rings (SSSR count). The predicted octanol–water partition coefficient (Wildman–Crippen LogP) is 5.13. The fourth-order valence-electron chi connectivity index (χ4n) is 5.70. The van der Waals surface area contributed by atoms with Crippen molar-refractivity contribution in [3.05, 3.63) is 44.6 Å². The van der Waals surface area contributed by atoms with Crippen LogP contribution in [0.5, 0.6) is 0 Å². The third-order valence-electron chi connectivity index (χ3n) is 7.71. The van der Waals surface area contributed by atoms with Crippen LogP contribution in [-0.2, 0) is 9.47 Å². The van der Waals surface area contributed by atoms with Gasteiger partial charge in [-0.05, 0) is 85.0 Å². The lowest BCUT2D eigenvalue weighted by Gasteiger charge is -2.29. The summed E-state index contributed by atoms with van der Waals surface area (Å²) in [5.41, 5.74) is 17.0. The number of aromatic nitrogens is 6. The standard InChI is InChI=1S/C11H12IN7OS.C7H12N4O.C4HBrIN3S/c12-9-3-14-10-19(9)16-11(21-10)18-4-6-7(15-17-13)1-2-20-8(6)5-18;8-11-10-6-1-2-12-7-4-9-3-5(6)7;5-3-8-9-2(6)1-7-4(9)10-3/h3,6-8H,1-2,4-5H2;5-7,9H,1-4H2;1H/t6-,7+,8+;5-,6+,7+;/m11./s1. The van der Waals surface area contributed by atoms with E-state index < -0.39 is 0 Å². The lowest BCUT2D eigenvalue weighted by Crippen LogP contribution is -2.37. The molecule has 0 aliphatic carbocycles. The second-order valence-corrected chi connectivity index (χ2v) is 15.5. The van der Waals surface area contributed by atoms with Gasteiger partial charge < -0.3 is 19.7 Å². The summed E-state index contributed by atoms with van der Waals surface area (Å²) in [4.78, 5) is 18.3. The lowest BCUT2D eigenvalue weighted by atomic mass is 9.92. The first-order chi connectivity index (χ1) is 20.9. The normalized spacial score (nSPS) is 27.7. The molecule has 8 heterocycles. The van der Waals surface area contributed by atoms with Crippen molar-refractivity contribution in [2.75, 3.05) is 44.3 Å². The highest BCUT2D eigenvalue weighted by Crippen LogP contribution is 2.35. The van der Waals surface area contributed by atoms with Crippen LogP contribution in [0.15, 0.2) is 26.5 Å². The number of hydrogen-bond donors (Lipinski definition) is 1. The van der Waals surface area contributed by atoms with Crippen LogP contribution in [0, 0.1) is 19.2 Å². The summed E-state index contributed by atoms with van der Waals surface area (Å²) in [6.07, 6.45) is 5.68. The average molecular weight is 915 g/mol. The van der Waals surface area contributed by atoms with E-state index in [1.54, 1.807) is 22.0 Å². The van der Waals surface area contributed by atoms with Crippen molar-refractivity contribution in [2.24, 2.45) is 22.1 Å². The fraction of sp³-hybridized carbons (Fsp3) is 0.636. The Morgan fingerprint density at radius 3 is 2.16 bits per heavy atom. The monoisotopic (exact) mass is 914 g/mol. The van der Waals surface area contributed by atoms with Gasteiger partial charge in [-0.15, -0.1) is 10.2 Å². The maximum Gasteiger partial charge on any atom is 0.214 e. The van der Waals surface area contributed by atoms with Gasteiger partial charge in [0.15, 0.2) is 3.92 Å². The van der Waals surface area contributed by atoms with Gasteiger partial charge in [0.1, 0.15) is 7.40 Å². The van der Waals surface area contributed by atoms with Gasteiger partial charge in [-0.2, -0.15) is 9.03 Å². The number of anilines is 1. The Balaban J connectivity index is 0.000000126. The van der Waals surface area contributed by atoms with Gasteiger partial charge in [0, 0.05) is 73.1 Å². The number of hydrogen-bond acceptors (Lipinski definition) is 12. The molecule has 4 aliphatic heterocycles. The zero-order chi connectivity index (χ0) is 29.9. The minimum atomic E-state index is 0.0305. The molecule has 0 bridgehead atoms. The number of imidazole rings is 2. The first kappa shape index (κ1) is 31.4. The molecule has 0 amide bonds. The number of azide groups is 2. The smallest absolute Gasteiger partial charge is 0.214 e. The number of fused-ring (bicyclic) bond motifs is 4. The Hall–Kier alpha value is -1.56. The van der Waals surface area contributed by atoms with E-state index in [4.69, 9.17) is 20.5 Å². The predicted molar refractivity (Wildman–Crippen MR) is 182 cm³/mol. The molecule has 0 unspecified atom stereocenters. The first-order valence-electron chi connectivity index (χ1n) is 13.4. The molecule has 4 saturated heterocycles. The summed E-state index contributed by atoms with van der Waals surface area (Å²) in [6.45, 7) is 4.84. The number of rotatable bonds is 3. The van der Waals surface area contributed by atoms with Crippen LogP contribution >= 0.6 is 83.8 Å². The van der Waals surface area contributed by atoms with Crippen molar-refractivity contribution in [2.45, 2.75) is 37.1 Å². The van der Waals surface area contributed by atoms with Crippen LogP contribution in [0.1, 0.15) is 12.8 Å². The van der Waals surface area contributed by atoms with Crippen molar-refractivity contribution >= 4 is 98.8 Å². The fourth-order valence-corrected chi connectivity index (χ4v) is 9.07. The van der Waals surface area contributed by atoms with Gasteiger partial charge in [0.2, 0.25) is 15.1 Å². The molecule has 43 heavy (non-hydrogen) atoms. The van der Waals surface area contributed by atoms with E-state index in [-0.39, 0.29) is 30.2 Å². The van der Waals surface area contributed by atoms with Crippen LogP contribution < -0.4 is 10.2 Å². The minimum Gasteiger partial charge on any atom is -0.377 e. The molecular weight excluding hydrogens is 890 g/mol. The lowest BCUT2D eigenvalue weighted by molar-refractivity contribution is -0.00923. The van der Waals surface area contributed by atoms with Crippen molar-refractivity contribution in [3.8, 4) is 0 Å². The molecule has 228 valence electrons. The third-order valence-corrected chi connectivity index (χ3v) is 11.5. The highest BCUT2D eigenvalue weighted by Gasteiger charge is 2.42. The quantitative estimate of drug-likeness (QED) is 0.127. The molecule has 16 nitrogen and oxygen atoms in total. The zero-order valence-electron chi connectivity index (χ0n) is 22.4. The first-order valence-corrected chi connectivity index (χ1v) is 18.0. The third kappa shape index (κ3) is 6.99. The summed E-state index contributed by atoms with van der Waals surface area (Å²) in [6, 6.07) is 0.173.